The Hall–Kier alpha value is -2.04. The quantitative estimate of drug-likeness (QED) is 0.813. The van der Waals surface area contributed by atoms with Crippen LogP contribution in [0.15, 0.2) is 65.7 Å². The monoisotopic (exact) mass is 340 g/mol. The lowest BCUT2D eigenvalue weighted by Gasteiger charge is -2.29. The van der Waals surface area contributed by atoms with Gasteiger partial charge in [0.15, 0.2) is 5.17 Å². The molecule has 3 nitrogen and oxygen atoms in total. The van der Waals surface area contributed by atoms with Crippen LogP contribution in [0.3, 0.4) is 0 Å². The van der Waals surface area contributed by atoms with Crippen molar-refractivity contribution in [3.8, 4) is 0 Å². The lowest BCUT2D eigenvalue weighted by Crippen LogP contribution is -2.34. The highest BCUT2D eigenvalue weighted by atomic mass is 35.5. The van der Waals surface area contributed by atoms with E-state index in [9.17, 15) is 4.79 Å². The number of rotatable bonds is 2. The maximum absolute atomic E-state index is 12.3. The summed E-state index contributed by atoms with van der Waals surface area (Å²) in [4.78, 5) is 18.7. The van der Waals surface area contributed by atoms with Gasteiger partial charge in [-0.25, -0.2) is 4.99 Å². The summed E-state index contributed by atoms with van der Waals surface area (Å²) in [6.45, 7) is 0. The number of fused-ring (bicyclic) bond motifs is 1. The predicted molar refractivity (Wildman–Crippen MR) is 95.4 cm³/mol. The van der Waals surface area contributed by atoms with Gasteiger partial charge in [0.1, 0.15) is 0 Å². The number of amidine groups is 1. The molecule has 2 aliphatic heterocycles. The van der Waals surface area contributed by atoms with E-state index >= 15 is 0 Å². The van der Waals surface area contributed by atoms with Crippen LogP contribution in [0.1, 0.15) is 17.2 Å². The van der Waals surface area contributed by atoms with Crippen LogP contribution >= 0.6 is 23.4 Å². The number of benzene rings is 2. The number of hydrogen-bond acceptors (Lipinski definition) is 3. The SMILES string of the molecule is O=C1CSC2=NC(c3ccccc3)=CC(c3ccc(Cl)cc3)N12. The van der Waals surface area contributed by atoms with Crippen LogP contribution in [0, 0.1) is 0 Å². The van der Waals surface area contributed by atoms with E-state index in [4.69, 9.17) is 11.6 Å². The second kappa shape index (κ2) is 5.87. The molecule has 0 aromatic heterocycles. The summed E-state index contributed by atoms with van der Waals surface area (Å²) in [5, 5.41) is 1.46. The molecule has 2 aromatic rings. The first-order valence-corrected chi connectivity index (χ1v) is 8.65. The van der Waals surface area contributed by atoms with E-state index in [1.54, 1.807) is 4.90 Å². The van der Waals surface area contributed by atoms with Crippen LogP contribution in [-0.4, -0.2) is 21.7 Å². The minimum absolute atomic E-state index is 0.0945. The molecular weight excluding hydrogens is 328 g/mol. The molecule has 0 bridgehead atoms. The van der Waals surface area contributed by atoms with Gasteiger partial charge in [0.2, 0.25) is 5.91 Å². The van der Waals surface area contributed by atoms with Crippen molar-refractivity contribution >= 4 is 40.1 Å². The van der Waals surface area contributed by atoms with E-state index in [2.05, 4.69) is 4.99 Å². The molecule has 0 saturated carbocycles. The second-order valence-electron chi connectivity index (χ2n) is 5.36. The fourth-order valence-electron chi connectivity index (χ4n) is 2.77. The first-order chi connectivity index (χ1) is 11.2. The van der Waals surface area contributed by atoms with Gasteiger partial charge in [0.25, 0.3) is 0 Å². The fourth-order valence-corrected chi connectivity index (χ4v) is 3.81. The van der Waals surface area contributed by atoms with Crippen molar-refractivity contribution in [1.82, 2.24) is 4.90 Å². The van der Waals surface area contributed by atoms with Crippen LogP contribution in [0.2, 0.25) is 5.02 Å². The normalized spacial score (nSPS) is 20.1. The van der Waals surface area contributed by atoms with Gasteiger partial charge in [-0.3, -0.25) is 9.69 Å². The highest BCUT2D eigenvalue weighted by Crippen LogP contribution is 2.38. The first kappa shape index (κ1) is 14.5. The van der Waals surface area contributed by atoms with Crippen molar-refractivity contribution in [2.75, 3.05) is 5.75 Å². The molecule has 2 aliphatic rings. The Kier molecular flexibility index (Phi) is 3.71. The van der Waals surface area contributed by atoms with E-state index in [1.165, 1.54) is 11.8 Å². The molecule has 0 radical (unpaired) electrons. The van der Waals surface area contributed by atoms with Gasteiger partial charge in [0.05, 0.1) is 17.5 Å². The molecule has 5 heteroatoms. The number of amides is 1. The van der Waals surface area contributed by atoms with Crippen LogP contribution in [0.4, 0.5) is 0 Å². The third-order valence-electron chi connectivity index (χ3n) is 3.89. The lowest BCUT2D eigenvalue weighted by atomic mass is 10.0. The largest absolute Gasteiger partial charge is 0.279 e. The van der Waals surface area contributed by atoms with Gasteiger partial charge < -0.3 is 0 Å². The molecule has 1 unspecified atom stereocenters. The van der Waals surface area contributed by atoms with E-state index in [0.29, 0.717) is 10.8 Å². The summed E-state index contributed by atoms with van der Waals surface area (Å²) in [5.41, 5.74) is 2.99. The maximum atomic E-state index is 12.3. The zero-order chi connectivity index (χ0) is 15.8. The lowest BCUT2D eigenvalue weighted by molar-refractivity contribution is -0.125. The van der Waals surface area contributed by atoms with Gasteiger partial charge in [0, 0.05) is 5.02 Å². The number of thioether (sulfide) groups is 1. The van der Waals surface area contributed by atoms with E-state index < -0.39 is 0 Å². The predicted octanol–water partition coefficient (Wildman–Crippen LogP) is 4.37. The first-order valence-electron chi connectivity index (χ1n) is 7.28. The summed E-state index contributed by atoms with van der Waals surface area (Å²) < 4.78 is 0. The third-order valence-corrected chi connectivity index (χ3v) is 5.08. The zero-order valence-corrected chi connectivity index (χ0v) is 13.7. The van der Waals surface area contributed by atoms with Crippen LogP contribution in [0.5, 0.6) is 0 Å². The molecule has 1 amide bonds. The molecule has 0 aliphatic carbocycles. The Morgan fingerprint density at radius 2 is 1.83 bits per heavy atom. The topological polar surface area (TPSA) is 32.7 Å². The maximum Gasteiger partial charge on any atom is 0.239 e. The molecule has 0 spiro atoms. The van der Waals surface area contributed by atoms with Gasteiger partial charge in [-0.15, -0.1) is 0 Å². The van der Waals surface area contributed by atoms with Crippen molar-refractivity contribution in [1.29, 1.82) is 0 Å². The minimum Gasteiger partial charge on any atom is -0.279 e. The highest BCUT2D eigenvalue weighted by molar-refractivity contribution is 8.15. The van der Waals surface area contributed by atoms with E-state index in [1.807, 2.05) is 60.7 Å². The molecule has 1 saturated heterocycles. The van der Waals surface area contributed by atoms with Crippen LogP contribution in [0.25, 0.3) is 5.70 Å². The van der Waals surface area contributed by atoms with E-state index in [0.717, 1.165) is 22.0 Å². The average Bonchev–Trinajstić information content (AvgIpc) is 2.97. The van der Waals surface area contributed by atoms with Crippen molar-refractivity contribution in [3.63, 3.8) is 0 Å². The fraction of sp³-hybridized carbons (Fsp3) is 0.111. The van der Waals surface area contributed by atoms with Crippen molar-refractivity contribution in [2.45, 2.75) is 6.04 Å². The minimum atomic E-state index is -0.141. The Bertz CT molecular complexity index is 815. The molecule has 1 atom stereocenters. The molecule has 1 fully saturated rings. The summed E-state index contributed by atoms with van der Waals surface area (Å²) in [6, 6.07) is 17.5. The Labute approximate surface area is 143 Å². The molecule has 23 heavy (non-hydrogen) atoms. The summed E-state index contributed by atoms with van der Waals surface area (Å²) in [7, 11) is 0. The number of aliphatic imine (C=N–C) groups is 1. The molecule has 4 rings (SSSR count). The van der Waals surface area contributed by atoms with Gasteiger partial charge in [-0.05, 0) is 29.3 Å². The van der Waals surface area contributed by atoms with Crippen molar-refractivity contribution in [3.05, 3.63) is 76.8 Å². The summed E-state index contributed by atoms with van der Waals surface area (Å²) in [5.74, 6) is 0.538. The number of halogens is 1. The van der Waals surface area contributed by atoms with Crippen molar-refractivity contribution < 1.29 is 4.79 Å². The average molecular weight is 341 g/mol. The van der Waals surface area contributed by atoms with E-state index in [-0.39, 0.29) is 11.9 Å². The number of nitrogens with zero attached hydrogens (tertiary/aromatic N) is 2. The van der Waals surface area contributed by atoms with Gasteiger partial charge in [-0.1, -0.05) is 65.8 Å². The second-order valence-corrected chi connectivity index (χ2v) is 6.74. The molecule has 2 aromatic carbocycles. The Balaban J connectivity index is 1.81. The number of carbonyl (C=O) groups is 1. The van der Waals surface area contributed by atoms with Crippen LogP contribution < -0.4 is 0 Å². The van der Waals surface area contributed by atoms with Gasteiger partial charge >= 0.3 is 0 Å². The molecule has 114 valence electrons. The molecular formula is C18H13ClN2OS. The molecule has 2 heterocycles. The standard InChI is InChI=1S/C18H13ClN2OS/c19-14-8-6-13(7-9-14)16-10-15(12-4-2-1-3-5-12)20-18-21(16)17(22)11-23-18/h1-10,16H,11H2. The summed E-state index contributed by atoms with van der Waals surface area (Å²) >= 11 is 7.49. The Morgan fingerprint density at radius 1 is 1.09 bits per heavy atom. The number of carbonyl (C=O) groups excluding carboxylic acids is 1. The number of hydrogen-bond donors (Lipinski definition) is 0. The van der Waals surface area contributed by atoms with Crippen LogP contribution in [-0.2, 0) is 4.79 Å². The Morgan fingerprint density at radius 3 is 2.57 bits per heavy atom. The zero-order valence-electron chi connectivity index (χ0n) is 12.1. The highest BCUT2D eigenvalue weighted by Gasteiger charge is 2.37. The summed E-state index contributed by atoms with van der Waals surface area (Å²) in [6.07, 6.45) is 2.05. The third kappa shape index (κ3) is 2.69. The van der Waals surface area contributed by atoms with Crippen molar-refractivity contribution in [2.24, 2.45) is 4.99 Å². The smallest absolute Gasteiger partial charge is 0.239 e. The molecule has 0 N–H and O–H groups in total. The van der Waals surface area contributed by atoms with Gasteiger partial charge in [-0.2, -0.15) is 0 Å².